The van der Waals surface area contributed by atoms with Gasteiger partial charge in [-0.2, -0.15) is 0 Å². The number of benzene rings is 1. The molecule has 66 valence electrons. The van der Waals surface area contributed by atoms with Crippen LogP contribution in [0.4, 0.5) is 5.69 Å². The van der Waals surface area contributed by atoms with E-state index in [0.717, 1.165) is 5.69 Å². The van der Waals surface area contributed by atoms with Gasteiger partial charge in [-0.05, 0) is 18.4 Å². The lowest BCUT2D eigenvalue weighted by Crippen LogP contribution is -2.05. The second kappa shape index (κ2) is 5.06. The normalized spacial score (nSPS) is 9.83. The molecule has 2 N–H and O–H groups in total. The molecule has 0 aliphatic carbocycles. The fourth-order valence-electron chi connectivity index (χ4n) is 0.981. The van der Waals surface area contributed by atoms with Crippen LogP contribution in [-0.2, 0) is 0 Å². The Morgan fingerprint density at radius 2 is 2.17 bits per heavy atom. The molecule has 0 heterocycles. The van der Waals surface area contributed by atoms with Crippen molar-refractivity contribution < 1.29 is 5.11 Å². The Bertz CT molecular complexity index is 240. The Morgan fingerprint density at radius 1 is 1.42 bits per heavy atom. The van der Waals surface area contributed by atoms with E-state index in [9.17, 15) is 0 Å². The number of nitrogens with one attached hydrogen (secondary N) is 1. The molecule has 2 nitrogen and oxygen atoms in total. The lowest BCUT2D eigenvalue weighted by molar-refractivity contribution is 0.311. The van der Waals surface area contributed by atoms with Crippen LogP contribution in [0.1, 0.15) is 0 Å². The third kappa shape index (κ3) is 2.43. The number of hydrogen-bond acceptors (Lipinski definition) is 3. The number of rotatable bonds is 4. The molecular weight excluding hydrogens is 170 g/mol. The molecule has 12 heavy (non-hydrogen) atoms. The van der Waals surface area contributed by atoms with E-state index in [1.807, 2.05) is 24.5 Å². The minimum atomic E-state index is 0.169. The highest BCUT2D eigenvalue weighted by Gasteiger charge is 1.97. The van der Waals surface area contributed by atoms with E-state index in [0.29, 0.717) is 6.54 Å². The smallest absolute Gasteiger partial charge is 0.0604 e. The molecular formula is C9H13NOS. The molecule has 1 aromatic carbocycles. The van der Waals surface area contributed by atoms with Crippen molar-refractivity contribution in [2.45, 2.75) is 4.90 Å². The van der Waals surface area contributed by atoms with Gasteiger partial charge in [0.15, 0.2) is 0 Å². The van der Waals surface area contributed by atoms with E-state index in [1.165, 1.54) is 4.90 Å². The molecule has 0 unspecified atom stereocenters. The predicted molar refractivity (Wildman–Crippen MR) is 53.8 cm³/mol. The summed E-state index contributed by atoms with van der Waals surface area (Å²) in [6.45, 7) is 0.778. The first-order chi connectivity index (χ1) is 5.88. The van der Waals surface area contributed by atoms with E-state index in [1.54, 1.807) is 11.8 Å². The highest BCUT2D eigenvalue weighted by Crippen LogP contribution is 2.23. The summed E-state index contributed by atoms with van der Waals surface area (Å²) in [6, 6.07) is 8.07. The maximum atomic E-state index is 8.62. The van der Waals surface area contributed by atoms with Gasteiger partial charge in [-0.15, -0.1) is 11.8 Å². The molecule has 3 heteroatoms. The third-order valence-corrected chi connectivity index (χ3v) is 2.33. The SMILES string of the molecule is CSc1ccccc1NCCO. The van der Waals surface area contributed by atoms with E-state index >= 15 is 0 Å². The van der Waals surface area contributed by atoms with Crippen LogP contribution in [0.5, 0.6) is 0 Å². The van der Waals surface area contributed by atoms with Gasteiger partial charge in [-0.1, -0.05) is 12.1 Å². The van der Waals surface area contributed by atoms with Crippen LogP contribution in [0.2, 0.25) is 0 Å². The van der Waals surface area contributed by atoms with Gasteiger partial charge in [0, 0.05) is 17.1 Å². The van der Waals surface area contributed by atoms with Crippen molar-refractivity contribution in [3.8, 4) is 0 Å². The second-order valence-corrected chi connectivity index (χ2v) is 3.20. The summed E-state index contributed by atoms with van der Waals surface area (Å²) in [5.41, 5.74) is 1.10. The molecule has 0 aliphatic heterocycles. The van der Waals surface area contributed by atoms with Crippen LogP contribution in [0.3, 0.4) is 0 Å². The third-order valence-electron chi connectivity index (χ3n) is 1.53. The summed E-state index contributed by atoms with van der Waals surface area (Å²) in [6.07, 6.45) is 2.04. The molecule has 0 aromatic heterocycles. The van der Waals surface area contributed by atoms with Crippen LogP contribution < -0.4 is 5.32 Å². The topological polar surface area (TPSA) is 32.3 Å². The Kier molecular flexibility index (Phi) is 3.97. The van der Waals surface area contributed by atoms with Crippen molar-refractivity contribution in [2.75, 3.05) is 24.7 Å². The lowest BCUT2D eigenvalue weighted by atomic mass is 10.3. The van der Waals surface area contributed by atoms with Crippen molar-refractivity contribution in [1.82, 2.24) is 0 Å². The number of hydrogen-bond donors (Lipinski definition) is 2. The molecule has 1 rings (SSSR count). The number of para-hydroxylation sites is 1. The number of aliphatic hydroxyl groups is 1. The highest BCUT2D eigenvalue weighted by molar-refractivity contribution is 7.98. The van der Waals surface area contributed by atoms with Crippen molar-refractivity contribution in [1.29, 1.82) is 0 Å². The zero-order valence-corrected chi connectivity index (χ0v) is 7.90. The largest absolute Gasteiger partial charge is 0.395 e. The predicted octanol–water partition coefficient (Wildman–Crippen LogP) is 1.81. The molecule has 0 aliphatic rings. The van der Waals surface area contributed by atoms with Crippen LogP contribution in [0.25, 0.3) is 0 Å². The van der Waals surface area contributed by atoms with Gasteiger partial charge in [-0.3, -0.25) is 0 Å². The van der Waals surface area contributed by atoms with Gasteiger partial charge >= 0.3 is 0 Å². The molecule has 1 aromatic rings. The minimum Gasteiger partial charge on any atom is -0.395 e. The Hall–Kier alpha value is -0.670. The monoisotopic (exact) mass is 183 g/mol. The first-order valence-electron chi connectivity index (χ1n) is 3.86. The molecule has 0 amide bonds. The average molecular weight is 183 g/mol. The van der Waals surface area contributed by atoms with E-state index in [4.69, 9.17) is 5.11 Å². The Labute approximate surface area is 77.0 Å². The molecule has 0 fully saturated rings. The first-order valence-corrected chi connectivity index (χ1v) is 5.08. The quantitative estimate of drug-likeness (QED) is 0.698. The molecule has 0 bridgehead atoms. The van der Waals surface area contributed by atoms with Gasteiger partial charge in [0.05, 0.1) is 6.61 Å². The lowest BCUT2D eigenvalue weighted by Gasteiger charge is -2.07. The fraction of sp³-hybridized carbons (Fsp3) is 0.333. The van der Waals surface area contributed by atoms with E-state index in [2.05, 4.69) is 11.4 Å². The Morgan fingerprint density at radius 3 is 2.83 bits per heavy atom. The summed E-state index contributed by atoms with van der Waals surface area (Å²) in [7, 11) is 0. The van der Waals surface area contributed by atoms with Gasteiger partial charge in [0.1, 0.15) is 0 Å². The maximum absolute atomic E-state index is 8.62. The van der Waals surface area contributed by atoms with Crippen LogP contribution in [0.15, 0.2) is 29.2 Å². The van der Waals surface area contributed by atoms with E-state index in [-0.39, 0.29) is 6.61 Å². The standard InChI is InChI=1S/C9H13NOS/c1-12-9-5-3-2-4-8(9)10-6-7-11/h2-5,10-11H,6-7H2,1H3. The maximum Gasteiger partial charge on any atom is 0.0604 e. The molecule has 0 spiro atoms. The molecule has 0 radical (unpaired) electrons. The summed E-state index contributed by atoms with van der Waals surface area (Å²) >= 11 is 1.70. The summed E-state index contributed by atoms with van der Waals surface area (Å²) in [5, 5.41) is 11.8. The van der Waals surface area contributed by atoms with Crippen molar-refractivity contribution >= 4 is 17.4 Å². The molecule has 0 atom stereocenters. The number of anilines is 1. The van der Waals surface area contributed by atoms with Gasteiger partial charge in [0.2, 0.25) is 0 Å². The second-order valence-electron chi connectivity index (χ2n) is 2.35. The first kappa shape index (κ1) is 9.42. The van der Waals surface area contributed by atoms with Gasteiger partial charge in [0.25, 0.3) is 0 Å². The zero-order chi connectivity index (χ0) is 8.81. The number of aliphatic hydroxyl groups excluding tert-OH is 1. The molecule has 0 saturated carbocycles. The van der Waals surface area contributed by atoms with Crippen LogP contribution >= 0.6 is 11.8 Å². The Balaban J connectivity index is 2.68. The van der Waals surface area contributed by atoms with Gasteiger partial charge < -0.3 is 10.4 Å². The summed E-state index contributed by atoms with van der Waals surface area (Å²) < 4.78 is 0. The van der Waals surface area contributed by atoms with Crippen molar-refractivity contribution in [3.63, 3.8) is 0 Å². The van der Waals surface area contributed by atoms with Crippen LogP contribution in [0, 0.1) is 0 Å². The molecule has 0 saturated heterocycles. The summed E-state index contributed by atoms with van der Waals surface area (Å²) in [5.74, 6) is 0. The van der Waals surface area contributed by atoms with E-state index < -0.39 is 0 Å². The fourth-order valence-corrected chi connectivity index (χ4v) is 1.56. The minimum absolute atomic E-state index is 0.169. The van der Waals surface area contributed by atoms with Gasteiger partial charge in [-0.25, -0.2) is 0 Å². The highest BCUT2D eigenvalue weighted by atomic mass is 32.2. The van der Waals surface area contributed by atoms with Crippen molar-refractivity contribution in [3.05, 3.63) is 24.3 Å². The number of thioether (sulfide) groups is 1. The van der Waals surface area contributed by atoms with Crippen LogP contribution in [-0.4, -0.2) is 24.5 Å². The van der Waals surface area contributed by atoms with Crippen molar-refractivity contribution in [2.24, 2.45) is 0 Å². The summed E-state index contributed by atoms with van der Waals surface area (Å²) in [4.78, 5) is 1.21. The zero-order valence-electron chi connectivity index (χ0n) is 7.08. The average Bonchev–Trinajstić information content (AvgIpc) is 2.15.